The second-order valence-electron chi connectivity index (χ2n) is 6.58. The fourth-order valence-corrected chi connectivity index (χ4v) is 3.55. The van der Waals surface area contributed by atoms with E-state index in [0.29, 0.717) is 17.1 Å². The zero-order valence-electron chi connectivity index (χ0n) is 15.1. The molecule has 5 heteroatoms. The van der Waals surface area contributed by atoms with E-state index in [-0.39, 0.29) is 11.8 Å². The van der Waals surface area contributed by atoms with Crippen molar-refractivity contribution >= 4 is 17.8 Å². The molecule has 1 heterocycles. The Morgan fingerprint density at radius 2 is 1.88 bits per heavy atom. The normalized spacial score (nSPS) is 16.7. The summed E-state index contributed by atoms with van der Waals surface area (Å²) in [5.41, 5.74) is 1.88. The molecular weight excluding hydrogens is 348 g/mol. The third kappa shape index (κ3) is 4.77. The number of aliphatic imine (C=N–C) groups is 1. The number of likely N-dealkylation sites (tertiary alicyclic amines) is 1. The standard InChI is InChI=1S/C21H25ClN2O2/c1-26-19-8-5-16(6-9-19)20(24-11-3-2-4-12-24)15-23-14-17-13-18(22)7-10-21(17)25/h5-10,13-14,20,25H,2-4,11-12,15H2,1H3/t20-/m1/s1. The van der Waals surface area contributed by atoms with Crippen LogP contribution >= 0.6 is 11.6 Å². The highest BCUT2D eigenvalue weighted by atomic mass is 35.5. The molecule has 1 fully saturated rings. The Labute approximate surface area is 160 Å². The lowest BCUT2D eigenvalue weighted by atomic mass is 10.0. The van der Waals surface area contributed by atoms with Gasteiger partial charge in [-0.15, -0.1) is 0 Å². The van der Waals surface area contributed by atoms with Crippen molar-refractivity contribution in [2.24, 2.45) is 4.99 Å². The van der Waals surface area contributed by atoms with Gasteiger partial charge in [-0.05, 0) is 61.8 Å². The molecule has 0 radical (unpaired) electrons. The average molecular weight is 373 g/mol. The van der Waals surface area contributed by atoms with E-state index in [9.17, 15) is 5.11 Å². The summed E-state index contributed by atoms with van der Waals surface area (Å²) in [6, 6.07) is 13.4. The summed E-state index contributed by atoms with van der Waals surface area (Å²) in [6.07, 6.45) is 5.46. The van der Waals surface area contributed by atoms with Crippen LogP contribution < -0.4 is 4.74 Å². The molecule has 0 saturated carbocycles. The van der Waals surface area contributed by atoms with Crippen LogP contribution in [-0.4, -0.2) is 43.0 Å². The Morgan fingerprint density at radius 3 is 2.58 bits per heavy atom. The average Bonchev–Trinajstić information content (AvgIpc) is 2.69. The first-order valence-corrected chi connectivity index (χ1v) is 9.41. The molecule has 2 aromatic rings. The number of halogens is 1. The lowest BCUT2D eigenvalue weighted by molar-refractivity contribution is 0.168. The molecule has 1 N–H and O–H groups in total. The maximum atomic E-state index is 9.95. The maximum Gasteiger partial charge on any atom is 0.124 e. The van der Waals surface area contributed by atoms with Crippen LogP contribution in [0.3, 0.4) is 0 Å². The molecule has 2 aromatic carbocycles. The van der Waals surface area contributed by atoms with E-state index in [1.165, 1.54) is 24.8 Å². The van der Waals surface area contributed by atoms with Crippen molar-refractivity contribution < 1.29 is 9.84 Å². The summed E-state index contributed by atoms with van der Waals surface area (Å²) in [5.74, 6) is 1.05. The predicted molar refractivity (Wildman–Crippen MR) is 107 cm³/mol. The van der Waals surface area contributed by atoms with Gasteiger partial charge in [0.25, 0.3) is 0 Å². The number of hydrogen-bond donors (Lipinski definition) is 1. The van der Waals surface area contributed by atoms with E-state index in [0.717, 1.165) is 18.8 Å². The first-order valence-electron chi connectivity index (χ1n) is 9.04. The van der Waals surface area contributed by atoms with Crippen LogP contribution in [0.15, 0.2) is 47.5 Å². The molecule has 0 aromatic heterocycles. The van der Waals surface area contributed by atoms with Gasteiger partial charge >= 0.3 is 0 Å². The second kappa shape index (κ2) is 9.06. The summed E-state index contributed by atoms with van der Waals surface area (Å²) in [5, 5.41) is 10.5. The highest BCUT2D eigenvalue weighted by Gasteiger charge is 2.22. The Bertz CT molecular complexity index is 740. The summed E-state index contributed by atoms with van der Waals surface area (Å²) in [7, 11) is 1.68. The zero-order chi connectivity index (χ0) is 18.4. The Hall–Kier alpha value is -2.04. The molecule has 1 saturated heterocycles. The number of ether oxygens (including phenoxy) is 1. The van der Waals surface area contributed by atoms with Crippen LogP contribution in [0.1, 0.15) is 36.4 Å². The molecule has 1 aliphatic heterocycles. The van der Waals surface area contributed by atoms with Gasteiger partial charge in [-0.25, -0.2) is 0 Å². The van der Waals surface area contributed by atoms with Crippen LogP contribution in [0.25, 0.3) is 0 Å². The quantitative estimate of drug-likeness (QED) is 0.747. The smallest absolute Gasteiger partial charge is 0.124 e. The monoisotopic (exact) mass is 372 g/mol. The summed E-state index contributed by atoms with van der Waals surface area (Å²) >= 11 is 6.01. The van der Waals surface area contributed by atoms with E-state index in [2.05, 4.69) is 22.0 Å². The van der Waals surface area contributed by atoms with Crippen molar-refractivity contribution in [2.75, 3.05) is 26.7 Å². The van der Waals surface area contributed by atoms with Crippen LogP contribution in [0.2, 0.25) is 5.02 Å². The topological polar surface area (TPSA) is 45.1 Å². The Morgan fingerprint density at radius 1 is 1.15 bits per heavy atom. The fraction of sp³-hybridized carbons (Fsp3) is 0.381. The van der Waals surface area contributed by atoms with Crippen LogP contribution in [0.4, 0.5) is 0 Å². The Kier molecular flexibility index (Phi) is 6.53. The van der Waals surface area contributed by atoms with Crippen LogP contribution in [-0.2, 0) is 0 Å². The fourth-order valence-electron chi connectivity index (χ4n) is 3.37. The number of phenolic OH excluding ortho intramolecular Hbond substituents is 1. The molecule has 1 atom stereocenters. The SMILES string of the molecule is COc1ccc([C@@H](CN=Cc2cc(Cl)ccc2O)N2CCCCC2)cc1. The van der Waals surface area contributed by atoms with Crippen molar-refractivity contribution in [2.45, 2.75) is 25.3 Å². The largest absolute Gasteiger partial charge is 0.507 e. The van der Waals surface area contributed by atoms with E-state index < -0.39 is 0 Å². The van der Waals surface area contributed by atoms with Crippen molar-refractivity contribution in [1.82, 2.24) is 4.90 Å². The molecule has 138 valence electrons. The van der Waals surface area contributed by atoms with Crippen LogP contribution in [0, 0.1) is 0 Å². The number of rotatable bonds is 6. The van der Waals surface area contributed by atoms with Gasteiger partial charge in [0.1, 0.15) is 11.5 Å². The minimum atomic E-state index is 0.192. The Balaban J connectivity index is 1.78. The molecule has 0 unspecified atom stereocenters. The van der Waals surface area contributed by atoms with Gasteiger partial charge in [-0.2, -0.15) is 0 Å². The summed E-state index contributed by atoms with van der Waals surface area (Å²) in [6.45, 7) is 2.82. The number of aromatic hydroxyl groups is 1. The van der Waals surface area contributed by atoms with Crippen molar-refractivity contribution in [3.63, 3.8) is 0 Å². The first kappa shape index (κ1) is 18.7. The van der Waals surface area contributed by atoms with Gasteiger partial charge in [0.15, 0.2) is 0 Å². The highest BCUT2D eigenvalue weighted by molar-refractivity contribution is 6.30. The van der Waals surface area contributed by atoms with Gasteiger partial charge in [0, 0.05) is 16.8 Å². The third-order valence-corrected chi connectivity index (χ3v) is 5.07. The zero-order valence-corrected chi connectivity index (χ0v) is 15.8. The number of benzene rings is 2. The lowest BCUT2D eigenvalue weighted by Crippen LogP contribution is -2.35. The van der Waals surface area contributed by atoms with Gasteiger partial charge < -0.3 is 9.84 Å². The third-order valence-electron chi connectivity index (χ3n) is 4.83. The number of phenols is 1. The van der Waals surface area contributed by atoms with Crippen molar-refractivity contribution in [1.29, 1.82) is 0 Å². The first-order chi connectivity index (χ1) is 12.7. The molecule has 4 nitrogen and oxygen atoms in total. The molecule has 0 spiro atoms. The predicted octanol–water partition coefficient (Wildman–Crippen LogP) is 4.70. The summed E-state index contributed by atoms with van der Waals surface area (Å²) in [4.78, 5) is 7.12. The minimum Gasteiger partial charge on any atom is -0.507 e. The van der Waals surface area contributed by atoms with E-state index in [1.54, 1.807) is 31.5 Å². The number of hydrogen-bond acceptors (Lipinski definition) is 4. The number of piperidine rings is 1. The molecule has 0 aliphatic carbocycles. The number of nitrogens with zero attached hydrogens (tertiary/aromatic N) is 2. The minimum absolute atomic E-state index is 0.192. The van der Waals surface area contributed by atoms with Crippen molar-refractivity contribution in [3.05, 3.63) is 58.6 Å². The van der Waals surface area contributed by atoms with Gasteiger partial charge in [-0.3, -0.25) is 9.89 Å². The molecule has 26 heavy (non-hydrogen) atoms. The maximum absolute atomic E-state index is 9.95. The number of methoxy groups -OCH3 is 1. The lowest BCUT2D eigenvalue weighted by Gasteiger charge is -2.34. The molecule has 0 amide bonds. The molecule has 1 aliphatic rings. The molecule has 3 rings (SSSR count). The molecular formula is C21H25ClN2O2. The van der Waals surface area contributed by atoms with Gasteiger partial charge in [0.05, 0.1) is 19.7 Å². The molecule has 0 bridgehead atoms. The van der Waals surface area contributed by atoms with E-state index in [1.807, 2.05) is 12.1 Å². The van der Waals surface area contributed by atoms with Gasteiger partial charge in [-0.1, -0.05) is 30.2 Å². The van der Waals surface area contributed by atoms with Crippen LogP contribution in [0.5, 0.6) is 11.5 Å². The van der Waals surface area contributed by atoms with Gasteiger partial charge in [0.2, 0.25) is 0 Å². The summed E-state index contributed by atoms with van der Waals surface area (Å²) < 4.78 is 5.27. The van der Waals surface area contributed by atoms with Crippen molar-refractivity contribution in [3.8, 4) is 11.5 Å². The van der Waals surface area contributed by atoms with E-state index >= 15 is 0 Å². The second-order valence-corrected chi connectivity index (χ2v) is 7.02. The highest BCUT2D eigenvalue weighted by Crippen LogP contribution is 2.27. The van der Waals surface area contributed by atoms with E-state index in [4.69, 9.17) is 16.3 Å².